The van der Waals surface area contributed by atoms with E-state index >= 15 is 0 Å². The summed E-state index contributed by atoms with van der Waals surface area (Å²) in [5.74, 6) is 0. The molecule has 1 nitrogen and oxygen atoms in total. The summed E-state index contributed by atoms with van der Waals surface area (Å²) in [7, 11) is 2.03. The smallest absolute Gasteiger partial charge is 0.000216 e. The second kappa shape index (κ2) is 2.06. The fourth-order valence-electron chi connectivity index (χ4n) is 1.38. The lowest BCUT2D eigenvalue weighted by Crippen LogP contribution is -2.35. The Balaban J connectivity index is 2.20. The van der Waals surface area contributed by atoms with Crippen LogP contribution >= 0.6 is 0 Å². The van der Waals surface area contributed by atoms with Crippen LogP contribution in [0.25, 0.3) is 0 Å². The highest BCUT2D eigenvalue weighted by Gasteiger charge is 2.30. The van der Waals surface area contributed by atoms with Crippen molar-refractivity contribution >= 4 is 0 Å². The molecule has 0 aromatic rings. The van der Waals surface area contributed by atoms with Crippen LogP contribution in [-0.2, 0) is 0 Å². The summed E-state index contributed by atoms with van der Waals surface area (Å²) in [6.07, 6.45) is 4.29. The molecule has 1 N–H and O–H groups in total. The SMILES string of the molecule is CNCC1(C)CCC1. The third-order valence-electron chi connectivity index (χ3n) is 2.16. The minimum absolute atomic E-state index is 0.661. The van der Waals surface area contributed by atoms with Crippen LogP contribution < -0.4 is 5.32 Å². The minimum atomic E-state index is 0.661. The van der Waals surface area contributed by atoms with E-state index in [1.165, 1.54) is 25.8 Å². The van der Waals surface area contributed by atoms with Gasteiger partial charge < -0.3 is 5.32 Å². The Labute approximate surface area is 51.5 Å². The van der Waals surface area contributed by atoms with Crippen molar-refractivity contribution in [3.05, 3.63) is 0 Å². The van der Waals surface area contributed by atoms with Crippen LogP contribution in [0.4, 0.5) is 0 Å². The van der Waals surface area contributed by atoms with E-state index in [0.29, 0.717) is 5.41 Å². The van der Waals surface area contributed by atoms with Crippen molar-refractivity contribution in [3.63, 3.8) is 0 Å². The molecule has 0 saturated heterocycles. The van der Waals surface area contributed by atoms with E-state index in [1.54, 1.807) is 0 Å². The van der Waals surface area contributed by atoms with Crippen molar-refractivity contribution in [1.29, 1.82) is 0 Å². The fraction of sp³-hybridized carbons (Fsp3) is 1.00. The molecule has 0 amide bonds. The molecule has 1 fully saturated rings. The maximum atomic E-state index is 3.21. The molecule has 1 rings (SSSR count). The molecule has 0 aromatic heterocycles. The second-order valence-electron chi connectivity index (χ2n) is 3.19. The van der Waals surface area contributed by atoms with Gasteiger partial charge in [-0.05, 0) is 25.3 Å². The van der Waals surface area contributed by atoms with Crippen molar-refractivity contribution in [2.45, 2.75) is 26.2 Å². The van der Waals surface area contributed by atoms with Crippen molar-refractivity contribution in [2.24, 2.45) is 5.41 Å². The van der Waals surface area contributed by atoms with Crippen molar-refractivity contribution in [1.82, 2.24) is 5.32 Å². The largest absolute Gasteiger partial charge is 0.319 e. The summed E-state index contributed by atoms with van der Waals surface area (Å²) in [5, 5.41) is 3.21. The van der Waals surface area contributed by atoms with E-state index in [-0.39, 0.29) is 0 Å². The van der Waals surface area contributed by atoms with E-state index in [1.807, 2.05) is 7.05 Å². The molecule has 0 atom stereocenters. The number of nitrogens with one attached hydrogen (secondary N) is 1. The zero-order chi connectivity index (χ0) is 6.04. The van der Waals surface area contributed by atoms with Crippen LogP contribution in [0.5, 0.6) is 0 Å². The molecule has 0 unspecified atom stereocenters. The Hall–Kier alpha value is -0.0400. The lowest BCUT2D eigenvalue weighted by molar-refractivity contribution is 0.161. The van der Waals surface area contributed by atoms with Gasteiger partial charge in [0.05, 0.1) is 0 Å². The predicted molar refractivity (Wildman–Crippen MR) is 35.9 cm³/mol. The van der Waals surface area contributed by atoms with Gasteiger partial charge in [-0.2, -0.15) is 0 Å². The molecule has 0 spiro atoms. The lowest BCUT2D eigenvalue weighted by atomic mass is 9.70. The number of rotatable bonds is 2. The molecule has 0 aliphatic heterocycles. The number of hydrogen-bond acceptors (Lipinski definition) is 1. The summed E-state index contributed by atoms with van der Waals surface area (Å²) in [6.45, 7) is 3.56. The van der Waals surface area contributed by atoms with Crippen LogP contribution in [0.2, 0.25) is 0 Å². The molecule has 0 radical (unpaired) electrons. The quantitative estimate of drug-likeness (QED) is 0.570. The highest BCUT2D eigenvalue weighted by molar-refractivity contribution is 4.84. The van der Waals surface area contributed by atoms with Gasteiger partial charge in [-0.25, -0.2) is 0 Å². The summed E-state index contributed by atoms with van der Waals surface area (Å²) in [6, 6.07) is 0. The summed E-state index contributed by atoms with van der Waals surface area (Å²) < 4.78 is 0. The first-order valence-electron chi connectivity index (χ1n) is 3.41. The van der Waals surface area contributed by atoms with Crippen molar-refractivity contribution < 1.29 is 0 Å². The van der Waals surface area contributed by atoms with Gasteiger partial charge >= 0.3 is 0 Å². The van der Waals surface area contributed by atoms with Gasteiger partial charge in [-0.1, -0.05) is 13.3 Å². The van der Waals surface area contributed by atoms with Crippen LogP contribution in [0.1, 0.15) is 26.2 Å². The highest BCUT2D eigenvalue weighted by atomic mass is 14.8. The summed E-state index contributed by atoms with van der Waals surface area (Å²) in [5.41, 5.74) is 0.661. The van der Waals surface area contributed by atoms with Gasteiger partial charge in [-0.3, -0.25) is 0 Å². The minimum Gasteiger partial charge on any atom is -0.319 e. The Morgan fingerprint density at radius 2 is 2.12 bits per heavy atom. The fourth-order valence-corrected chi connectivity index (χ4v) is 1.38. The zero-order valence-electron chi connectivity index (χ0n) is 5.83. The maximum absolute atomic E-state index is 3.21. The molecule has 1 aliphatic carbocycles. The lowest BCUT2D eigenvalue weighted by Gasteiger charge is -2.38. The van der Waals surface area contributed by atoms with Crippen molar-refractivity contribution in [2.75, 3.05) is 13.6 Å². The Kier molecular flexibility index (Phi) is 1.57. The molecule has 1 saturated carbocycles. The average Bonchev–Trinajstić information content (AvgIpc) is 1.64. The van der Waals surface area contributed by atoms with Crippen LogP contribution in [0.3, 0.4) is 0 Å². The van der Waals surface area contributed by atoms with Crippen molar-refractivity contribution in [3.8, 4) is 0 Å². The first kappa shape index (κ1) is 6.09. The highest BCUT2D eigenvalue weighted by Crippen LogP contribution is 2.39. The Bertz CT molecular complexity index is 74.5. The zero-order valence-corrected chi connectivity index (χ0v) is 5.83. The van der Waals surface area contributed by atoms with E-state index in [0.717, 1.165) is 0 Å². The first-order valence-corrected chi connectivity index (χ1v) is 3.41. The Morgan fingerprint density at radius 3 is 2.25 bits per heavy atom. The molecule has 48 valence electrons. The van der Waals surface area contributed by atoms with Crippen LogP contribution in [0.15, 0.2) is 0 Å². The number of hydrogen-bond donors (Lipinski definition) is 1. The van der Waals surface area contributed by atoms with E-state index in [2.05, 4.69) is 12.2 Å². The van der Waals surface area contributed by atoms with E-state index in [9.17, 15) is 0 Å². The Morgan fingerprint density at radius 1 is 1.50 bits per heavy atom. The standard InChI is InChI=1S/C7H15N/c1-7(6-8-2)4-3-5-7/h8H,3-6H2,1-2H3. The second-order valence-corrected chi connectivity index (χ2v) is 3.19. The predicted octanol–water partition coefficient (Wildman–Crippen LogP) is 1.40. The van der Waals surface area contributed by atoms with Gasteiger partial charge in [0.15, 0.2) is 0 Å². The van der Waals surface area contributed by atoms with E-state index in [4.69, 9.17) is 0 Å². The molecule has 8 heavy (non-hydrogen) atoms. The first-order chi connectivity index (χ1) is 3.77. The van der Waals surface area contributed by atoms with E-state index < -0.39 is 0 Å². The monoisotopic (exact) mass is 113 g/mol. The third-order valence-corrected chi connectivity index (χ3v) is 2.16. The summed E-state index contributed by atoms with van der Waals surface area (Å²) in [4.78, 5) is 0. The van der Waals surface area contributed by atoms with Gasteiger partial charge in [-0.15, -0.1) is 0 Å². The molecule has 0 heterocycles. The topological polar surface area (TPSA) is 12.0 Å². The summed E-state index contributed by atoms with van der Waals surface area (Å²) >= 11 is 0. The van der Waals surface area contributed by atoms with Gasteiger partial charge in [0.1, 0.15) is 0 Å². The average molecular weight is 113 g/mol. The van der Waals surface area contributed by atoms with Gasteiger partial charge in [0.2, 0.25) is 0 Å². The van der Waals surface area contributed by atoms with Gasteiger partial charge in [0, 0.05) is 6.54 Å². The third kappa shape index (κ3) is 1.03. The molecule has 1 aliphatic rings. The molecular weight excluding hydrogens is 98.1 g/mol. The van der Waals surface area contributed by atoms with Crippen LogP contribution in [0, 0.1) is 5.41 Å². The van der Waals surface area contributed by atoms with Crippen LogP contribution in [-0.4, -0.2) is 13.6 Å². The molecular formula is C7H15N. The van der Waals surface area contributed by atoms with Gasteiger partial charge in [0.25, 0.3) is 0 Å². The normalized spacial score (nSPS) is 24.8. The molecule has 0 aromatic carbocycles. The molecule has 0 bridgehead atoms. The maximum Gasteiger partial charge on any atom is 0.000216 e. The molecule has 1 heteroatoms.